The summed E-state index contributed by atoms with van der Waals surface area (Å²) in [5, 5.41) is 20.2. The molecule has 0 aliphatic heterocycles. The number of rotatable bonds is 3. The van der Waals surface area contributed by atoms with E-state index in [0.717, 1.165) is 6.07 Å². The summed E-state index contributed by atoms with van der Waals surface area (Å²) in [4.78, 5) is 10.0. The first-order valence-corrected chi connectivity index (χ1v) is 4.28. The van der Waals surface area contributed by atoms with Gasteiger partial charge in [0.05, 0.1) is 18.1 Å². The number of nitrogens with two attached hydrogens (primary N) is 1. The van der Waals surface area contributed by atoms with Crippen LogP contribution in [0.4, 0.5) is 5.69 Å². The Hall–Kier alpha value is -1.53. The van der Waals surface area contributed by atoms with Crippen molar-refractivity contribution in [3.05, 3.63) is 27.8 Å². The molecule has 1 rings (SSSR count). The second kappa shape index (κ2) is 5.53. The predicted molar refractivity (Wildman–Crippen MR) is 61.2 cm³/mol. The van der Waals surface area contributed by atoms with Crippen LogP contribution in [0.5, 0.6) is 11.5 Å². The van der Waals surface area contributed by atoms with Crippen LogP contribution >= 0.6 is 12.4 Å². The maximum atomic E-state index is 10.6. The minimum atomic E-state index is -0.562. The number of non-ortho nitro benzene ring substituents is 1. The molecule has 1 aromatic rings. The summed E-state index contributed by atoms with van der Waals surface area (Å²) in [5.41, 5.74) is 5.71. The molecule has 0 fully saturated rings. The third kappa shape index (κ3) is 2.74. The molecule has 0 heterocycles. The second-order valence-electron chi connectivity index (χ2n) is 3.13. The molecule has 0 unspecified atom stereocenters. The van der Waals surface area contributed by atoms with Gasteiger partial charge in [0.2, 0.25) is 0 Å². The highest BCUT2D eigenvalue weighted by atomic mass is 35.5. The van der Waals surface area contributed by atoms with Gasteiger partial charge in [0.1, 0.15) is 0 Å². The summed E-state index contributed by atoms with van der Waals surface area (Å²) < 4.78 is 4.82. The van der Waals surface area contributed by atoms with E-state index in [1.54, 1.807) is 6.92 Å². The topological polar surface area (TPSA) is 98.6 Å². The third-order valence-corrected chi connectivity index (χ3v) is 2.01. The van der Waals surface area contributed by atoms with Crippen molar-refractivity contribution in [1.82, 2.24) is 0 Å². The fraction of sp³-hybridized carbons (Fsp3) is 0.333. The average Bonchev–Trinajstić information content (AvgIpc) is 2.17. The molecule has 1 atom stereocenters. The summed E-state index contributed by atoms with van der Waals surface area (Å²) in [6, 6.07) is 1.89. The van der Waals surface area contributed by atoms with Crippen LogP contribution in [-0.4, -0.2) is 17.1 Å². The highest BCUT2D eigenvalue weighted by Crippen LogP contribution is 2.36. The number of hydrogen-bond donors (Lipinski definition) is 2. The molecule has 6 nitrogen and oxygen atoms in total. The van der Waals surface area contributed by atoms with Gasteiger partial charge in [-0.1, -0.05) is 0 Å². The van der Waals surface area contributed by atoms with Crippen LogP contribution in [0, 0.1) is 10.1 Å². The molecule has 0 aromatic heterocycles. The highest BCUT2D eigenvalue weighted by molar-refractivity contribution is 5.85. The standard InChI is InChI=1S/C9H12N2O4.ClH/c1-5(10)7-3-6(11(13)14)4-8(15-2)9(7)12;/h3-5,12H,10H2,1-2H3;1H/t5-;/m1./s1. The van der Waals surface area contributed by atoms with Crippen molar-refractivity contribution in [2.45, 2.75) is 13.0 Å². The molecule has 16 heavy (non-hydrogen) atoms. The summed E-state index contributed by atoms with van der Waals surface area (Å²) in [7, 11) is 1.32. The van der Waals surface area contributed by atoms with Gasteiger partial charge in [0.15, 0.2) is 11.5 Å². The van der Waals surface area contributed by atoms with Gasteiger partial charge in [-0.25, -0.2) is 0 Å². The van der Waals surface area contributed by atoms with E-state index >= 15 is 0 Å². The third-order valence-electron chi connectivity index (χ3n) is 2.01. The van der Waals surface area contributed by atoms with Crippen molar-refractivity contribution in [2.75, 3.05) is 7.11 Å². The summed E-state index contributed by atoms with van der Waals surface area (Å²) in [6.45, 7) is 1.62. The van der Waals surface area contributed by atoms with Crippen LogP contribution in [0.2, 0.25) is 0 Å². The van der Waals surface area contributed by atoms with E-state index < -0.39 is 11.0 Å². The number of hydrogen-bond acceptors (Lipinski definition) is 5. The van der Waals surface area contributed by atoms with Crippen LogP contribution < -0.4 is 10.5 Å². The number of phenolic OH excluding ortho intramolecular Hbond substituents is 1. The Morgan fingerprint density at radius 3 is 2.50 bits per heavy atom. The largest absolute Gasteiger partial charge is 0.504 e. The summed E-state index contributed by atoms with van der Waals surface area (Å²) in [6.07, 6.45) is 0. The van der Waals surface area contributed by atoms with E-state index in [-0.39, 0.29) is 29.6 Å². The quantitative estimate of drug-likeness (QED) is 0.627. The molecular formula is C9H13ClN2O4. The molecule has 3 N–H and O–H groups in total. The average molecular weight is 249 g/mol. The van der Waals surface area contributed by atoms with Gasteiger partial charge < -0.3 is 15.6 Å². The van der Waals surface area contributed by atoms with E-state index in [4.69, 9.17) is 10.5 Å². The molecule has 0 radical (unpaired) electrons. The van der Waals surface area contributed by atoms with Crippen molar-refractivity contribution >= 4 is 18.1 Å². The fourth-order valence-corrected chi connectivity index (χ4v) is 1.22. The van der Waals surface area contributed by atoms with Gasteiger partial charge in [0.25, 0.3) is 5.69 Å². The lowest BCUT2D eigenvalue weighted by molar-refractivity contribution is -0.385. The zero-order valence-electron chi connectivity index (χ0n) is 8.84. The van der Waals surface area contributed by atoms with Crippen molar-refractivity contribution in [1.29, 1.82) is 0 Å². The number of aromatic hydroxyl groups is 1. The van der Waals surface area contributed by atoms with Gasteiger partial charge >= 0.3 is 0 Å². The van der Waals surface area contributed by atoms with Gasteiger partial charge in [-0.05, 0) is 6.92 Å². The Balaban J connectivity index is 0.00000225. The minimum absolute atomic E-state index is 0. The van der Waals surface area contributed by atoms with Crippen LogP contribution in [0.25, 0.3) is 0 Å². The molecule has 90 valence electrons. The molecule has 0 bridgehead atoms. The molecule has 0 amide bonds. The lowest BCUT2D eigenvalue weighted by Crippen LogP contribution is -2.06. The van der Waals surface area contributed by atoms with Gasteiger partial charge in [-0.3, -0.25) is 10.1 Å². The SMILES string of the molecule is COc1cc([N+](=O)[O-])cc([C@@H](C)N)c1O.Cl. The smallest absolute Gasteiger partial charge is 0.273 e. The lowest BCUT2D eigenvalue weighted by Gasteiger charge is -2.11. The zero-order chi connectivity index (χ0) is 11.6. The second-order valence-corrected chi connectivity index (χ2v) is 3.13. The van der Waals surface area contributed by atoms with E-state index in [9.17, 15) is 15.2 Å². The summed E-state index contributed by atoms with van der Waals surface area (Å²) in [5.74, 6) is -0.102. The monoisotopic (exact) mass is 248 g/mol. The van der Waals surface area contributed by atoms with Crippen molar-refractivity contribution in [2.24, 2.45) is 5.73 Å². The number of methoxy groups -OCH3 is 1. The minimum Gasteiger partial charge on any atom is -0.504 e. The van der Waals surface area contributed by atoms with E-state index in [0.29, 0.717) is 5.56 Å². The number of nitro benzene ring substituents is 1. The number of ether oxygens (including phenoxy) is 1. The molecule has 0 saturated carbocycles. The fourth-order valence-electron chi connectivity index (χ4n) is 1.22. The molecule has 7 heteroatoms. The number of nitro groups is 1. The van der Waals surface area contributed by atoms with Crippen LogP contribution in [-0.2, 0) is 0 Å². The Morgan fingerprint density at radius 1 is 1.56 bits per heavy atom. The van der Waals surface area contributed by atoms with Gasteiger partial charge in [-0.15, -0.1) is 12.4 Å². The molecule has 1 aromatic carbocycles. The number of benzene rings is 1. The first kappa shape index (κ1) is 14.5. The predicted octanol–water partition coefficient (Wildman–Crippen LogP) is 1.75. The zero-order valence-corrected chi connectivity index (χ0v) is 9.65. The maximum absolute atomic E-state index is 10.6. The van der Waals surface area contributed by atoms with Crippen LogP contribution in [0.15, 0.2) is 12.1 Å². The molecular weight excluding hydrogens is 236 g/mol. The first-order chi connectivity index (χ1) is 6.97. The van der Waals surface area contributed by atoms with Crippen molar-refractivity contribution in [3.63, 3.8) is 0 Å². The van der Waals surface area contributed by atoms with Gasteiger partial charge in [0, 0.05) is 17.7 Å². The van der Waals surface area contributed by atoms with E-state index in [1.165, 1.54) is 13.2 Å². The normalized spacial score (nSPS) is 11.4. The molecule has 0 spiro atoms. The first-order valence-electron chi connectivity index (χ1n) is 4.28. The van der Waals surface area contributed by atoms with Crippen molar-refractivity contribution in [3.8, 4) is 11.5 Å². The number of nitrogens with zero attached hydrogens (tertiary/aromatic N) is 1. The van der Waals surface area contributed by atoms with E-state index in [2.05, 4.69) is 0 Å². The Labute approximate surface area is 98.6 Å². The Bertz CT molecular complexity index is 395. The lowest BCUT2D eigenvalue weighted by atomic mass is 10.1. The number of halogens is 1. The highest BCUT2D eigenvalue weighted by Gasteiger charge is 2.18. The summed E-state index contributed by atoms with van der Waals surface area (Å²) >= 11 is 0. The maximum Gasteiger partial charge on any atom is 0.273 e. The van der Waals surface area contributed by atoms with Crippen LogP contribution in [0.3, 0.4) is 0 Å². The molecule has 0 saturated heterocycles. The Morgan fingerprint density at radius 2 is 2.12 bits per heavy atom. The van der Waals surface area contributed by atoms with E-state index in [1.807, 2.05) is 0 Å². The van der Waals surface area contributed by atoms with Gasteiger partial charge in [-0.2, -0.15) is 0 Å². The Kier molecular flexibility index (Phi) is 5.00. The van der Waals surface area contributed by atoms with Crippen LogP contribution in [0.1, 0.15) is 18.5 Å². The molecule has 0 aliphatic rings. The van der Waals surface area contributed by atoms with Crippen molar-refractivity contribution < 1.29 is 14.8 Å². The molecule has 0 aliphatic carbocycles. The number of phenols is 1.